The Hall–Kier alpha value is -1.21. The molecule has 0 saturated heterocycles. The summed E-state index contributed by atoms with van der Waals surface area (Å²) in [6.45, 7) is 5.36. The molecule has 0 heterocycles. The van der Waals surface area contributed by atoms with Crippen LogP contribution in [0, 0.1) is 5.41 Å². The molecule has 1 aromatic carbocycles. The number of halogens is 3. The van der Waals surface area contributed by atoms with Gasteiger partial charge in [0.1, 0.15) is 0 Å². The Kier molecular flexibility index (Phi) is 5.10. The first kappa shape index (κ1) is 16.8. The summed E-state index contributed by atoms with van der Waals surface area (Å²) in [6.07, 6.45) is 0. The molecule has 0 unspecified atom stereocenters. The van der Waals surface area contributed by atoms with Crippen molar-refractivity contribution in [2.75, 3.05) is 5.32 Å². The molecule has 0 bridgehead atoms. The van der Waals surface area contributed by atoms with Gasteiger partial charge in [-0.3, -0.25) is 4.79 Å². The van der Waals surface area contributed by atoms with Crippen LogP contribution in [-0.4, -0.2) is 17.5 Å². The number of amides is 1. The van der Waals surface area contributed by atoms with Crippen molar-refractivity contribution >= 4 is 23.4 Å². The van der Waals surface area contributed by atoms with Gasteiger partial charge in [-0.05, 0) is 29.3 Å². The molecule has 0 aliphatic rings. The number of nitrogens with two attached hydrogens (primary N) is 1. The predicted octanol–water partition coefficient (Wildman–Crippen LogP) is 3.61. The fourth-order valence-electron chi connectivity index (χ4n) is 1.39. The molecule has 7 heteroatoms. The molecule has 0 aliphatic carbocycles. The molecule has 3 nitrogen and oxygen atoms in total. The lowest BCUT2D eigenvalue weighted by Gasteiger charge is -2.26. The first-order valence-electron chi connectivity index (χ1n) is 5.92. The molecule has 0 aromatic heterocycles. The lowest BCUT2D eigenvalue weighted by Crippen LogP contribution is -2.45. The van der Waals surface area contributed by atoms with Gasteiger partial charge in [-0.25, -0.2) is 0 Å². The molecule has 3 N–H and O–H groups in total. The summed E-state index contributed by atoms with van der Waals surface area (Å²) in [6, 6.07) is 4.94. The van der Waals surface area contributed by atoms with E-state index in [4.69, 9.17) is 5.73 Å². The zero-order chi connectivity index (χ0) is 15.6. The van der Waals surface area contributed by atoms with Crippen molar-refractivity contribution in [1.29, 1.82) is 0 Å². The number of alkyl halides is 3. The van der Waals surface area contributed by atoms with Crippen LogP contribution in [0.4, 0.5) is 18.9 Å². The van der Waals surface area contributed by atoms with Crippen molar-refractivity contribution in [3.05, 3.63) is 24.3 Å². The Balaban J connectivity index is 2.91. The van der Waals surface area contributed by atoms with E-state index in [0.29, 0.717) is 0 Å². The Morgan fingerprint density at radius 1 is 1.25 bits per heavy atom. The Morgan fingerprint density at radius 2 is 1.80 bits per heavy atom. The number of rotatable bonds is 3. The maximum absolute atomic E-state index is 12.4. The molecule has 0 saturated carbocycles. The maximum atomic E-state index is 12.4. The van der Waals surface area contributed by atoms with Crippen LogP contribution in [-0.2, 0) is 4.79 Å². The lowest BCUT2D eigenvalue weighted by molar-refractivity contribution is -0.119. The van der Waals surface area contributed by atoms with Crippen LogP contribution in [0.1, 0.15) is 20.8 Å². The number of para-hydroxylation sites is 1. The Morgan fingerprint density at radius 3 is 2.30 bits per heavy atom. The van der Waals surface area contributed by atoms with E-state index in [9.17, 15) is 18.0 Å². The van der Waals surface area contributed by atoms with Gasteiger partial charge in [-0.2, -0.15) is 13.2 Å². The predicted molar refractivity (Wildman–Crippen MR) is 74.4 cm³/mol. The van der Waals surface area contributed by atoms with Crippen molar-refractivity contribution in [1.82, 2.24) is 0 Å². The van der Waals surface area contributed by atoms with Crippen molar-refractivity contribution in [3.63, 3.8) is 0 Å². The van der Waals surface area contributed by atoms with E-state index in [2.05, 4.69) is 5.32 Å². The summed E-state index contributed by atoms with van der Waals surface area (Å²) >= 11 is -0.267. The average molecular weight is 306 g/mol. The topological polar surface area (TPSA) is 55.1 Å². The number of hydrogen-bond donors (Lipinski definition) is 2. The molecule has 0 fully saturated rings. The standard InChI is InChI=1S/C13H17F3N2OS/c1-12(2,3)10(17)11(19)18-8-6-4-5-7-9(8)20-13(14,15)16/h4-7,10H,17H2,1-3H3,(H,18,19)/t10-/m1/s1. The number of thioether (sulfide) groups is 1. The van der Waals surface area contributed by atoms with Crippen LogP contribution in [0.5, 0.6) is 0 Å². The third-order valence-corrected chi connectivity index (χ3v) is 3.39. The fraction of sp³-hybridized carbons (Fsp3) is 0.462. The zero-order valence-corrected chi connectivity index (χ0v) is 12.2. The summed E-state index contributed by atoms with van der Waals surface area (Å²) in [5, 5.41) is 2.45. The minimum Gasteiger partial charge on any atom is -0.324 e. The van der Waals surface area contributed by atoms with Gasteiger partial charge in [0.2, 0.25) is 5.91 Å². The van der Waals surface area contributed by atoms with Gasteiger partial charge < -0.3 is 11.1 Å². The average Bonchev–Trinajstić information content (AvgIpc) is 2.27. The largest absolute Gasteiger partial charge is 0.446 e. The minimum absolute atomic E-state index is 0.0607. The lowest BCUT2D eigenvalue weighted by atomic mass is 9.87. The number of hydrogen-bond acceptors (Lipinski definition) is 3. The van der Waals surface area contributed by atoms with Crippen molar-refractivity contribution in [3.8, 4) is 0 Å². The molecule has 112 valence electrons. The first-order chi connectivity index (χ1) is 9.00. The van der Waals surface area contributed by atoms with E-state index in [1.807, 2.05) is 0 Å². The number of benzene rings is 1. The molecular formula is C13H17F3N2OS. The highest BCUT2D eigenvalue weighted by Gasteiger charge is 2.32. The Bertz CT molecular complexity index is 483. The summed E-state index contributed by atoms with van der Waals surface area (Å²) in [5.41, 5.74) is 1.00. The van der Waals surface area contributed by atoms with Gasteiger partial charge in [0, 0.05) is 4.90 Å². The van der Waals surface area contributed by atoms with E-state index in [0.717, 1.165) is 0 Å². The molecular weight excluding hydrogens is 289 g/mol. The molecule has 1 amide bonds. The number of nitrogens with one attached hydrogen (secondary N) is 1. The third kappa shape index (κ3) is 5.05. The van der Waals surface area contributed by atoms with Crippen LogP contribution in [0.3, 0.4) is 0 Å². The smallest absolute Gasteiger partial charge is 0.324 e. The zero-order valence-electron chi connectivity index (χ0n) is 11.4. The highest BCUT2D eigenvalue weighted by Crippen LogP contribution is 2.40. The molecule has 20 heavy (non-hydrogen) atoms. The van der Waals surface area contributed by atoms with Crippen molar-refractivity contribution in [2.24, 2.45) is 11.1 Å². The number of carbonyl (C=O) groups excluding carboxylic acids is 1. The van der Waals surface area contributed by atoms with E-state index in [-0.39, 0.29) is 22.3 Å². The van der Waals surface area contributed by atoms with Gasteiger partial charge >= 0.3 is 5.51 Å². The quantitative estimate of drug-likeness (QED) is 0.839. The second-order valence-corrected chi connectivity index (χ2v) is 6.48. The van der Waals surface area contributed by atoms with Crippen LogP contribution >= 0.6 is 11.8 Å². The highest BCUT2D eigenvalue weighted by molar-refractivity contribution is 8.00. The Labute approximate surface area is 120 Å². The van der Waals surface area contributed by atoms with Crippen LogP contribution in [0.15, 0.2) is 29.2 Å². The molecule has 1 rings (SSSR count). The fourth-order valence-corrected chi connectivity index (χ4v) is 2.01. The van der Waals surface area contributed by atoms with Gasteiger partial charge in [-0.1, -0.05) is 32.9 Å². The maximum Gasteiger partial charge on any atom is 0.446 e. The highest BCUT2D eigenvalue weighted by atomic mass is 32.2. The normalized spacial score (nSPS) is 13.9. The molecule has 0 radical (unpaired) electrons. The van der Waals surface area contributed by atoms with Crippen molar-refractivity contribution < 1.29 is 18.0 Å². The molecule has 0 spiro atoms. The summed E-state index contributed by atoms with van der Waals surface area (Å²) in [5.74, 6) is -0.507. The van der Waals surface area contributed by atoms with Gasteiger partial charge in [0.25, 0.3) is 0 Å². The van der Waals surface area contributed by atoms with Gasteiger partial charge in [0.15, 0.2) is 0 Å². The van der Waals surface area contributed by atoms with E-state index < -0.39 is 22.9 Å². The van der Waals surface area contributed by atoms with Crippen LogP contribution in [0.2, 0.25) is 0 Å². The molecule has 1 atom stereocenters. The third-order valence-electron chi connectivity index (χ3n) is 2.59. The summed E-state index contributed by atoms with van der Waals surface area (Å²) < 4.78 is 37.3. The van der Waals surface area contributed by atoms with Gasteiger partial charge in [-0.15, -0.1) is 0 Å². The first-order valence-corrected chi connectivity index (χ1v) is 6.73. The molecule has 1 aromatic rings. The van der Waals surface area contributed by atoms with Crippen LogP contribution < -0.4 is 11.1 Å². The second kappa shape index (κ2) is 6.05. The van der Waals surface area contributed by atoms with E-state index >= 15 is 0 Å². The summed E-state index contributed by atoms with van der Waals surface area (Å²) in [7, 11) is 0. The monoisotopic (exact) mass is 306 g/mol. The van der Waals surface area contributed by atoms with Crippen LogP contribution in [0.25, 0.3) is 0 Å². The minimum atomic E-state index is -4.41. The van der Waals surface area contributed by atoms with E-state index in [1.54, 1.807) is 26.8 Å². The molecule has 0 aliphatic heterocycles. The SMILES string of the molecule is CC(C)(C)[C@H](N)C(=O)Nc1ccccc1SC(F)(F)F. The second-order valence-electron chi connectivity index (χ2n) is 5.38. The number of anilines is 1. The van der Waals surface area contributed by atoms with E-state index in [1.165, 1.54) is 18.2 Å². The van der Waals surface area contributed by atoms with Crippen molar-refractivity contribution in [2.45, 2.75) is 37.2 Å². The number of carbonyl (C=O) groups is 1. The summed E-state index contributed by atoms with van der Waals surface area (Å²) in [4.78, 5) is 11.9. The van der Waals surface area contributed by atoms with Gasteiger partial charge in [0.05, 0.1) is 11.7 Å².